The third kappa shape index (κ3) is 1.68. The van der Waals surface area contributed by atoms with Crippen molar-refractivity contribution in [2.75, 3.05) is 5.73 Å². The summed E-state index contributed by atoms with van der Waals surface area (Å²) in [6, 6.07) is 4.77. The highest BCUT2D eigenvalue weighted by Gasteiger charge is 2.29. The molecule has 0 unspecified atom stereocenters. The number of nitrogens with zero attached hydrogens (tertiary/aromatic N) is 3. The van der Waals surface area contributed by atoms with Crippen molar-refractivity contribution in [1.82, 2.24) is 14.8 Å². The fraction of sp³-hybridized carbons (Fsp3) is 0.429. The molecule has 1 fully saturated rings. The molecular weight excluding hydrogens is 224 g/mol. The quantitative estimate of drug-likeness (QED) is 0.824. The van der Waals surface area contributed by atoms with E-state index < -0.39 is 0 Å². The van der Waals surface area contributed by atoms with Crippen LogP contribution in [0.1, 0.15) is 35.8 Å². The number of aromatic nitrogens is 3. The molecule has 0 bridgehead atoms. The summed E-state index contributed by atoms with van der Waals surface area (Å²) in [7, 11) is 0. The van der Waals surface area contributed by atoms with Gasteiger partial charge in [0.1, 0.15) is 5.82 Å². The Bertz CT molecular complexity index is 608. The number of benzene rings is 1. The first-order valence-corrected chi connectivity index (χ1v) is 6.36. The van der Waals surface area contributed by atoms with E-state index in [1.807, 2.05) is 13.8 Å². The molecule has 0 atom stereocenters. The third-order valence-electron chi connectivity index (χ3n) is 3.55. The highest BCUT2D eigenvalue weighted by molar-refractivity contribution is 5.75. The SMILES string of the molecule is Cc1cc(C)c(N)c(-c2nnc(C)n2C2CC2)c1. The molecule has 0 aliphatic heterocycles. The molecule has 4 heteroatoms. The van der Waals surface area contributed by atoms with Gasteiger partial charge in [0.2, 0.25) is 0 Å². The van der Waals surface area contributed by atoms with Crippen LogP contribution in [0.3, 0.4) is 0 Å². The Kier molecular flexibility index (Phi) is 2.40. The molecule has 1 aliphatic carbocycles. The van der Waals surface area contributed by atoms with Crippen LogP contribution >= 0.6 is 0 Å². The number of nitrogen functional groups attached to an aromatic ring is 1. The summed E-state index contributed by atoms with van der Waals surface area (Å²) in [4.78, 5) is 0. The van der Waals surface area contributed by atoms with Crippen LogP contribution in [-0.4, -0.2) is 14.8 Å². The van der Waals surface area contributed by atoms with Crippen LogP contribution in [0.5, 0.6) is 0 Å². The van der Waals surface area contributed by atoms with E-state index in [1.165, 1.54) is 18.4 Å². The Labute approximate surface area is 107 Å². The second kappa shape index (κ2) is 3.83. The predicted octanol–water partition coefficient (Wildman–Crippen LogP) is 2.79. The molecular formula is C14H18N4. The van der Waals surface area contributed by atoms with Gasteiger partial charge < -0.3 is 10.3 Å². The molecule has 2 N–H and O–H groups in total. The van der Waals surface area contributed by atoms with Crippen molar-refractivity contribution in [3.8, 4) is 11.4 Å². The Morgan fingerprint density at radius 3 is 2.56 bits per heavy atom. The predicted molar refractivity (Wildman–Crippen MR) is 72.4 cm³/mol. The van der Waals surface area contributed by atoms with E-state index in [2.05, 4.69) is 33.8 Å². The smallest absolute Gasteiger partial charge is 0.166 e. The van der Waals surface area contributed by atoms with Crippen LogP contribution in [0.15, 0.2) is 12.1 Å². The number of anilines is 1. The van der Waals surface area contributed by atoms with Gasteiger partial charge in [-0.15, -0.1) is 10.2 Å². The molecule has 1 saturated carbocycles. The number of nitrogens with two attached hydrogens (primary N) is 1. The molecule has 1 aromatic heterocycles. The van der Waals surface area contributed by atoms with E-state index in [0.29, 0.717) is 6.04 Å². The van der Waals surface area contributed by atoms with Crippen molar-refractivity contribution in [3.05, 3.63) is 29.1 Å². The van der Waals surface area contributed by atoms with Crippen molar-refractivity contribution in [2.24, 2.45) is 0 Å². The lowest BCUT2D eigenvalue weighted by atomic mass is 10.0. The second-order valence-corrected chi connectivity index (χ2v) is 5.22. The summed E-state index contributed by atoms with van der Waals surface area (Å²) >= 11 is 0. The Morgan fingerprint density at radius 2 is 1.89 bits per heavy atom. The van der Waals surface area contributed by atoms with Crippen LogP contribution in [0.4, 0.5) is 5.69 Å². The van der Waals surface area contributed by atoms with Gasteiger partial charge in [-0.05, 0) is 50.8 Å². The van der Waals surface area contributed by atoms with Gasteiger partial charge in [-0.2, -0.15) is 0 Å². The molecule has 0 spiro atoms. The molecule has 0 saturated heterocycles. The molecule has 4 nitrogen and oxygen atoms in total. The summed E-state index contributed by atoms with van der Waals surface area (Å²) in [6.45, 7) is 6.13. The molecule has 3 rings (SSSR count). The minimum atomic E-state index is 0.565. The third-order valence-corrected chi connectivity index (χ3v) is 3.55. The van der Waals surface area contributed by atoms with Gasteiger partial charge in [-0.25, -0.2) is 0 Å². The van der Waals surface area contributed by atoms with E-state index in [9.17, 15) is 0 Å². The fourth-order valence-corrected chi connectivity index (χ4v) is 2.49. The van der Waals surface area contributed by atoms with Gasteiger partial charge >= 0.3 is 0 Å². The lowest BCUT2D eigenvalue weighted by Gasteiger charge is -2.12. The standard InChI is InChI=1S/C14H18N4/c1-8-6-9(2)13(15)12(7-8)14-17-16-10(3)18(14)11-4-5-11/h6-7,11H,4-5,15H2,1-3H3. The zero-order valence-corrected chi connectivity index (χ0v) is 11.1. The molecule has 2 aromatic rings. The normalized spacial score (nSPS) is 15.1. The summed E-state index contributed by atoms with van der Waals surface area (Å²) in [5.74, 6) is 1.89. The lowest BCUT2D eigenvalue weighted by molar-refractivity contribution is 0.717. The first-order valence-electron chi connectivity index (χ1n) is 6.36. The first-order chi connectivity index (χ1) is 8.58. The molecule has 1 heterocycles. The molecule has 0 amide bonds. The van der Waals surface area contributed by atoms with Crippen LogP contribution in [-0.2, 0) is 0 Å². The molecule has 0 radical (unpaired) electrons. The Hall–Kier alpha value is -1.84. The maximum atomic E-state index is 6.20. The van der Waals surface area contributed by atoms with Gasteiger partial charge in [0.15, 0.2) is 5.82 Å². The van der Waals surface area contributed by atoms with Crippen molar-refractivity contribution in [3.63, 3.8) is 0 Å². The van der Waals surface area contributed by atoms with Crippen LogP contribution in [0.25, 0.3) is 11.4 Å². The van der Waals surface area contributed by atoms with Crippen molar-refractivity contribution < 1.29 is 0 Å². The van der Waals surface area contributed by atoms with Gasteiger partial charge in [0, 0.05) is 17.3 Å². The number of rotatable bonds is 2. The topological polar surface area (TPSA) is 56.7 Å². The van der Waals surface area contributed by atoms with Crippen molar-refractivity contribution >= 4 is 5.69 Å². The summed E-state index contributed by atoms with van der Waals surface area (Å²) in [5.41, 5.74) is 10.3. The van der Waals surface area contributed by atoms with Crippen LogP contribution in [0.2, 0.25) is 0 Å². The molecule has 18 heavy (non-hydrogen) atoms. The van der Waals surface area contributed by atoms with Crippen LogP contribution in [0, 0.1) is 20.8 Å². The van der Waals surface area contributed by atoms with E-state index >= 15 is 0 Å². The summed E-state index contributed by atoms with van der Waals surface area (Å²) < 4.78 is 2.23. The van der Waals surface area contributed by atoms with Gasteiger partial charge in [0.25, 0.3) is 0 Å². The monoisotopic (exact) mass is 242 g/mol. The van der Waals surface area contributed by atoms with E-state index in [1.54, 1.807) is 0 Å². The fourth-order valence-electron chi connectivity index (χ4n) is 2.49. The maximum absolute atomic E-state index is 6.20. The van der Waals surface area contributed by atoms with E-state index in [-0.39, 0.29) is 0 Å². The zero-order valence-electron chi connectivity index (χ0n) is 11.1. The van der Waals surface area contributed by atoms with Crippen LogP contribution < -0.4 is 5.73 Å². The van der Waals surface area contributed by atoms with Gasteiger partial charge in [-0.1, -0.05) is 6.07 Å². The summed E-state index contributed by atoms with van der Waals surface area (Å²) in [5, 5.41) is 8.54. The van der Waals surface area contributed by atoms with Crippen molar-refractivity contribution in [2.45, 2.75) is 39.7 Å². The van der Waals surface area contributed by atoms with Crippen molar-refractivity contribution in [1.29, 1.82) is 0 Å². The number of aryl methyl sites for hydroxylation is 3. The van der Waals surface area contributed by atoms with Gasteiger partial charge in [0.05, 0.1) is 0 Å². The minimum absolute atomic E-state index is 0.565. The molecule has 1 aromatic carbocycles. The average molecular weight is 242 g/mol. The lowest BCUT2D eigenvalue weighted by Crippen LogP contribution is -2.03. The molecule has 94 valence electrons. The summed E-state index contributed by atoms with van der Waals surface area (Å²) in [6.07, 6.45) is 2.44. The highest BCUT2D eigenvalue weighted by atomic mass is 15.3. The average Bonchev–Trinajstić information content (AvgIpc) is 3.08. The second-order valence-electron chi connectivity index (χ2n) is 5.22. The van der Waals surface area contributed by atoms with E-state index in [0.717, 1.165) is 28.5 Å². The number of hydrogen-bond acceptors (Lipinski definition) is 3. The van der Waals surface area contributed by atoms with Gasteiger partial charge in [-0.3, -0.25) is 0 Å². The first kappa shape index (κ1) is 11.3. The molecule has 1 aliphatic rings. The maximum Gasteiger partial charge on any atom is 0.166 e. The Morgan fingerprint density at radius 1 is 1.17 bits per heavy atom. The highest BCUT2D eigenvalue weighted by Crippen LogP contribution is 2.40. The van der Waals surface area contributed by atoms with E-state index in [4.69, 9.17) is 5.73 Å². The number of hydrogen-bond donors (Lipinski definition) is 1. The largest absolute Gasteiger partial charge is 0.398 e. The minimum Gasteiger partial charge on any atom is -0.398 e. The Balaban J connectivity index is 2.21. The zero-order chi connectivity index (χ0) is 12.9.